The van der Waals surface area contributed by atoms with Gasteiger partial charge in [0, 0.05) is 23.3 Å². The summed E-state index contributed by atoms with van der Waals surface area (Å²) in [7, 11) is 0. The molecule has 0 aliphatic rings. The Morgan fingerprint density at radius 3 is 2.95 bits per heavy atom. The van der Waals surface area contributed by atoms with Crippen molar-refractivity contribution in [3.8, 4) is 11.1 Å². The zero-order valence-corrected chi connectivity index (χ0v) is 11.4. The monoisotopic (exact) mass is 260 g/mol. The van der Waals surface area contributed by atoms with E-state index in [0.29, 0.717) is 0 Å². The number of nitrogens with zero attached hydrogens (tertiary/aromatic N) is 1. The van der Waals surface area contributed by atoms with Gasteiger partial charge in [0.2, 0.25) is 0 Å². The first-order valence-electron chi connectivity index (χ1n) is 6.65. The molecule has 0 unspecified atom stereocenters. The van der Waals surface area contributed by atoms with Gasteiger partial charge in [-0.3, -0.25) is 0 Å². The minimum atomic E-state index is 0.915. The predicted octanol–water partition coefficient (Wildman–Crippen LogP) is 4.91. The third-order valence-electron chi connectivity index (χ3n) is 3.40. The Morgan fingerprint density at radius 1 is 1.25 bits per heavy atom. The van der Waals surface area contributed by atoms with E-state index in [-0.39, 0.29) is 0 Å². The second-order valence-corrected chi connectivity index (χ2v) is 4.65. The molecule has 3 rings (SSSR count). The van der Waals surface area contributed by atoms with E-state index in [9.17, 15) is 0 Å². The van der Waals surface area contributed by atoms with Crippen LogP contribution in [0.5, 0.6) is 0 Å². The van der Waals surface area contributed by atoms with E-state index in [2.05, 4.69) is 46.9 Å². The summed E-state index contributed by atoms with van der Waals surface area (Å²) in [6.07, 6.45) is 9.86. The quantitative estimate of drug-likeness (QED) is 0.712. The van der Waals surface area contributed by atoms with Gasteiger partial charge in [-0.15, -0.1) is 0 Å². The molecule has 2 nitrogen and oxygen atoms in total. The van der Waals surface area contributed by atoms with Crippen molar-refractivity contribution in [2.24, 2.45) is 0 Å². The fourth-order valence-corrected chi connectivity index (χ4v) is 2.47. The largest absolute Gasteiger partial charge is 0.346 e. The number of pyridine rings is 1. The number of nitrogens with one attached hydrogen (secondary N) is 1. The van der Waals surface area contributed by atoms with E-state index < -0.39 is 0 Å². The number of H-pyrrole nitrogens is 1. The van der Waals surface area contributed by atoms with Gasteiger partial charge in [0.25, 0.3) is 0 Å². The molecule has 0 amide bonds. The number of benzene rings is 1. The lowest BCUT2D eigenvalue weighted by Crippen LogP contribution is -1.88. The SMILES string of the molecule is C=Cc1c(/C=C\C)cccc1-c1cnc2[nH]ccc2c1. The maximum atomic E-state index is 4.46. The first-order chi connectivity index (χ1) is 9.83. The first-order valence-corrected chi connectivity index (χ1v) is 6.65. The Labute approximate surface area is 118 Å². The second kappa shape index (κ2) is 5.17. The van der Waals surface area contributed by atoms with Gasteiger partial charge in [-0.1, -0.05) is 43.0 Å². The molecule has 98 valence electrons. The van der Waals surface area contributed by atoms with Gasteiger partial charge in [-0.2, -0.15) is 0 Å². The van der Waals surface area contributed by atoms with Gasteiger partial charge >= 0.3 is 0 Å². The average molecular weight is 260 g/mol. The van der Waals surface area contributed by atoms with Crippen molar-refractivity contribution < 1.29 is 0 Å². The number of hydrogen-bond donors (Lipinski definition) is 1. The lowest BCUT2D eigenvalue weighted by Gasteiger charge is -2.09. The summed E-state index contributed by atoms with van der Waals surface area (Å²) in [6.45, 7) is 5.97. The molecule has 2 heterocycles. The molecular weight excluding hydrogens is 244 g/mol. The standard InChI is InChI=1S/C18H16N2/c1-3-6-13-7-5-8-17(16(13)4-2)15-11-14-9-10-19-18(14)20-12-15/h3-12H,2H2,1H3,(H,19,20)/b6-3-. The normalized spacial score (nSPS) is 11.2. The number of rotatable bonds is 3. The van der Waals surface area contributed by atoms with Crippen molar-refractivity contribution in [3.05, 3.63) is 66.5 Å². The van der Waals surface area contributed by atoms with Crippen LogP contribution in [0.15, 0.2) is 55.4 Å². The van der Waals surface area contributed by atoms with Crippen molar-refractivity contribution >= 4 is 23.2 Å². The highest BCUT2D eigenvalue weighted by Crippen LogP contribution is 2.29. The van der Waals surface area contributed by atoms with E-state index in [4.69, 9.17) is 0 Å². The van der Waals surface area contributed by atoms with Crippen LogP contribution >= 0.6 is 0 Å². The van der Waals surface area contributed by atoms with Crippen LogP contribution in [0.3, 0.4) is 0 Å². The highest BCUT2D eigenvalue weighted by molar-refractivity contribution is 5.86. The summed E-state index contributed by atoms with van der Waals surface area (Å²) in [4.78, 5) is 7.58. The molecule has 0 saturated heterocycles. The van der Waals surface area contributed by atoms with Crippen LogP contribution in [-0.2, 0) is 0 Å². The van der Waals surface area contributed by atoms with Gasteiger partial charge in [-0.25, -0.2) is 4.98 Å². The van der Waals surface area contributed by atoms with Gasteiger partial charge < -0.3 is 4.98 Å². The maximum absolute atomic E-state index is 4.46. The molecule has 20 heavy (non-hydrogen) atoms. The van der Waals surface area contributed by atoms with Crippen molar-refractivity contribution in [2.45, 2.75) is 6.92 Å². The van der Waals surface area contributed by atoms with Gasteiger partial charge in [-0.05, 0) is 35.7 Å². The summed E-state index contributed by atoms with van der Waals surface area (Å²) in [5, 5.41) is 1.12. The summed E-state index contributed by atoms with van der Waals surface area (Å²) >= 11 is 0. The fourth-order valence-electron chi connectivity index (χ4n) is 2.47. The summed E-state index contributed by atoms with van der Waals surface area (Å²) in [5.74, 6) is 0. The van der Waals surface area contributed by atoms with Crippen LogP contribution in [0, 0.1) is 0 Å². The molecule has 3 aromatic rings. The van der Waals surface area contributed by atoms with Crippen LogP contribution in [0.25, 0.3) is 34.3 Å². The molecule has 0 radical (unpaired) electrons. The lowest BCUT2D eigenvalue weighted by atomic mass is 9.95. The van der Waals surface area contributed by atoms with Crippen molar-refractivity contribution in [3.63, 3.8) is 0 Å². The number of aromatic amines is 1. The molecule has 1 N–H and O–H groups in total. The fraction of sp³-hybridized carbons (Fsp3) is 0.0556. The zero-order valence-electron chi connectivity index (χ0n) is 11.4. The molecule has 0 aliphatic carbocycles. The summed E-state index contributed by atoms with van der Waals surface area (Å²) < 4.78 is 0. The van der Waals surface area contributed by atoms with Crippen molar-refractivity contribution in [1.29, 1.82) is 0 Å². The molecule has 0 saturated carbocycles. The summed E-state index contributed by atoms with van der Waals surface area (Å²) in [5.41, 5.74) is 5.50. The van der Waals surface area contributed by atoms with E-state index in [1.807, 2.05) is 37.5 Å². The first kappa shape index (κ1) is 12.4. The van der Waals surface area contributed by atoms with E-state index in [1.165, 1.54) is 5.56 Å². The minimum absolute atomic E-state index is 0.915. The van der Waals surface area contributed by atoms with Gasteiger partial charge in [0.05, 0.1) is 0 Å². The number of aromatic nitrogens is 2. The van der Waals surface area contributed by atoms with Crippen LogP contribution in [-0.4, -0.2) is 9.97 Å². The molecular formula is C18H16N2. The highest BCUT2D eigenvalue weighted by Gasteiger charge is 2.07. The minimum Gasteiger partial charge on any atom is -0.346 e. The topological polar surface area (TPSA) is 28.7 Å². The Hall–Kier alpha value is -2.61. The molecule has 0 atom stereocenters. The Kier molecular flexibility index (Phi) is 3.21. The van der Waals surface area contributed by atoms with Gasteiger partial charge in [0.15, 0.2) is 0 Å². The van der Waals surface area contributed by atoms with Crippen molar-refractivity contribution in [2.75, 3.05) is 0 Å². The number of fused-ring (bicyclic) bond motifs is 1. The third-order valence-corrected chi connectivity index (χ3v) is 3.40. The highest BCUT2D eigenvalue weighted by atomic mass is 14.8. The molecule has 2 heteroatoms. The molecule has 2 aromatic heterocycles. The van der Waals surface area contributed by atoms with Crippen molar-refractivity contribution in [1.82, 2.24) is 9.97 Å². The average Bonchev–Trinajstić information content (AvgIpc) is 2.94. The third kappa shape index (κ3) is 2.05. The number of allylic oxidation sites excluding steroid dienone is 1. The van der Waals surface area contributed by atoms with Crippen LogP contribution in [0.2, 0.25) is 0 Å². The Balaban J connectivity index is 2.22. The molecule has 0 spiro atoms. The maximum Gasteiger partial charge on any atom is 0.137 e. The van der Waals surface area contributed by atoms with Crippen LogP contribution in [0.4, 0.5) is 0 Å². The summed E-state index contributed by atoms with van der Waals surface area (Å²) in [6, 6.07) is 10.5. The molecule has 0 bridgehead atoms. The zero-order chi connectivity index (χ0) is 13.9. The van der Waals surface area contributed by atoms with E-state index in [0.717, 1.165) is 27.7 Å². The lowest BCUT2D eigenvalue weighted by molar-refractivity contribution is 1.32. The van der Waals surface area contributed by atoms with Crippen LogP contribution < -0.4 is 0 Å². The molecule has 0 aliphatic heterocycles. The van der Waals surface area contributed by atoms with Crippen LogP contribution in [0.1, 0.15) is 18.1 Å². The second-order valence-electron chi connectivity index (χ2n) is 4.65. The molecule has 1 aromatic carbocycles. The Morgan fingerprint density at radius 2 is 2.15 bits per heavy atom. The van der Waals surface area contributed by atoms with E-state index in [1.54, 1.807) is 0 Å². The predicted molar refractivity (Wildman–Crippen MR) is 86.3 cm³/mol. The smallest absolute Gasteiger partial charge is 0.137 e. The van der Waals surface area contributed by atoms with Gasteiger partial charge in [0.1, 0.15) is 5.65 Å². The molecule has 0 fully saturated rings. The van der Waals surface area contributed by atoms with E-state index >= 15 is 0 Å². The Bertz CT molecular complexity index is 794. The number of hydrogen-bond acceptors (Lipinski definition) is 1.